The second-order valence-corrected chi connectivity index (χ2v) is 3.15. The second-order valence-electron chi connectivity index (χ2n) is 3.15. The van der Waals surface area contributed by atoms with Crippen LogP contribution in [0.4, 0.5) is 0 Å². The van der Waals surface area contributed by atoms with Gasteiger partial charge in [0, 0.05) is 0 Å². The standard InChI is InChI=1S/C11H16O.C2H6/c1-4-10(3)12-11-7-5-9(2)6-8-11;1-2/h5-8,10H,4H2,1-3H3;1-2H3. The van der Waals surface area contributed by atoms with Crippen molar-refractivity contribution >= 4 is 0 Å². The van der Waals surface area contributed by atoms with Gasteiger partial charge in [-0.2, -0.15) is 0 Å². The molecule has 80 valence electrons. The van der Waals surface area contributed by atoms with Crippen molar-refractivity contribution in [3.8, 4) is 5.75 Å². The Morgan fingerprint density at radius 3 is 2.07 bits per heavy atom. The highest BCUT2D eigenvalue weighted by atomic mass is 16.5. The molecular formula is C13H22O. The Balaban J connectivity index is 0.000000791. The van der Waals surface area contributed by atoms with E-state index in [1.54, 1.807) is 0 Å². The highest BCUT2D eigenvalue weighted by Gasteiger charge is 1.99. The van der Waals surface area contributed by atoms with Crippen molar-refractivity contribution in [3.63, 3.8) is 0 Å². The second kappa shape index (κ2) is 7.43. The highest BCUT2D eigenvalue weighted by Crippen LogP contribution is 2.13. The third-order valence-electron chi connectivity index (χ3n) is 1.93. The largest absolute Gasteiger partial charge is 0.491 e. The van der Waals surface area contributed by atoms with Gasteiger partial charge < -0.3 is 4.74 Å². The molecule has 0 aromatic heterocycles. The fourth-order valence-corrected chi connectivity index (χ4v) is 0.932. The van der Waals surface area contributed by atoms with Crippen LogP contribution in [0.15, 0.2) is 24.3 Å². The molecule has 1 aromatic carbocycles. The molecule has 1 rings (SSSR count). The molecule has 1 nitrogen and oxygen atoms in total. The first-order chi connectivity index (χ1) is 6.72. The fourth-order valence-electron chi connectivity index (χ4n) is 0.932. The lowest BCUT2D eigenvalue weighted by Gasteiger charge is -2.12. The van der Waals surface area contributed by atoms with E-state index in [4.69, 9.17) is 4.74 Å². The maximum absolute atomic E-state index is 5.62. The van der Waals surface area contributed by atoms with Gasteiger partial charge in [-0.15, -0.1) is 0 Å². The molecule has 1 atom stereocenters. The number of ether oxygens (including phenoxy) is 1. The van der Waals surface area contributed by atoms with E-state index in [9.17, 15) is 0 Å². The molecule has 1 aromatic rings. The minimum Gasteiger partial charge on any atom is -0.491 e. The van der Waals surface area contributed by atoms with Crippen LogP contribution in [0, 0.1) is 6.92 Å². The summed E-state index contributed by atoms with van der Waals surface area (Å²) in [6, 6.07) is 8.17. The SMILES string of the molecule is CC.CCC(C)Oc1ccc(C)cc1. The summed E-state index contributed by atoms with van der Waals surface area (Å²) in [5.74, 6) is 0.968. The summed E-state index contributed by atoms with van der Waals surface area (Å²) in [5.41, 5.74) is 1.27. The van der Waals surface area contributed by atoms with Crippen LogP contribution in [-0.4, -0.2) is 6.10 Å². The molecule has 0 aliphatic heterocycles. The van der Waals surface area contributed by atoms with Crippen LogP contribution in [0.2, 0.25) is 0 Å². The summed E-state index contributed by atoms with van der Waals surface area (Å²) >= 11 is 0. The summed E-state index contributed by atoms with van der Waals surface area (Å²) in [4.78, 5) is 0. The Morgan fingerprint density at radius 1 is 1.14 bits per heavy atom. The summed E-state index contributed by atoms with van der Waals surface area (Å²) in [7, 11) is 0. The van der Waals surface area contributed by atoms with Crippen LogP contribution in [0.1, 0.15) is 39.7 Å². The zero-order chi connectivity index (χ0) is 11.0. The molecule has 0 N–H and O–H groups in total. The molecular weight excluding hydrogens is 172 g/mol. The number of rotatable bonds is 3. The zero-order valence-corrected chi connectivity index (χ0v) is 10.0. The number of hydrogen-bond donors (Lipinski definition) is 0. The van der Waals surface area contributed by atoms with E-state index in [-0.39, 0.29) is 0 Å². The van der Waals surface area contributed by atoms with Gasteiger partial charge in [-0.25, -0.2) is 0 Å². The Kier molecular flexibility index (Phi) is 6.91. The molecule has 0 aliphatic rings. The molecule has 0 saturated heterocycles. The Labute approximate surface area is 88.1 Å². The molecule has 0 spiro atoms. The molecule has 0 heterocycles. The van der Waals surface area contributed by atoms with Gasteiger partial charge in [-0.05, 0) is 32.4 Å². The lowest BCUT2D eigenvalue weighted by atomic mass is 10.2. The van der Waals surface area contributed by atoms with Crippen molar-refractivity contribution < 1.29 is 4.74 Å². The van der Waals surface area contributed by atoms with Gasteiger partial charge in [0.2, 0.25) is 0 Å². The van der Waals surface area contributed by atoms with Gasteiger partial charge in [0.1, 0.15) is 5.75 Å². The van der Waals surface area contributed by atoms with Crippen LogP contribution in [0.3, 0.4) is 0 Å². The number of benzene rings is 1. The van der Waals surface area contributed by atoms with Gasteiger partial charge in [0.25, 0.3) is 0 Å². The van der Waals surface area contributed by atoms with E-state index < -0.39 is 0 Å². The van der Waals surface area contributed by atoms with E-state index in [1.165, 1.54) is 5.56 Å². The predicted molar refractivity (Wildman–Crippen MR) is 62.9 cm³/mol. The number of aryl methyl sites for hydroxylation is 1. The molecule has 0 fully saturated rings. The first-order valence-electron chi connectivity index (χ1n) is 5.45. The predicted octanol–water partition coefficient (Wildman–Crippen LogP) is 4.20. The van der Waals surface area contributed by atoms with Gasteiger partial charge in [0.15, 0.2) is 0 Å². The first-order valence-corrected chi connectivity index (χ1v) is 5.45. The summed E-state index contributed by atoms with van der Waals surface area (Å²) < 4.78 is 5.62. The maximum atomic E-state index is 5.62. The van der Waals surface area contributed by atoms with Crippen molar-refractivity contribution in [2.24, 2.45) is 0 Å². The lowest BCUT2D eigenvalue weighted by molar-refractivity contribution is 0.217. The van der Waals surface area contributed by atoms with E-state index in [2.05, 4.69) is 32.9 Å². The van der Waals surface area contributed by atoms with Crippen LogP contribution in [-0.2, 0) is 0 Å². The molecule has 0 bridgehead atoms. The quantitative estimate of drug-likeness (QED) is 0.700. The van der Waals surface area contributed by atoms with Crippen LogP contribution in [0.25, 0.3) is 0 Å². The Hall–Kier alpha value is -0.980. The Bertz CT molecular complexity index is 225. The average Bonchev–Trinajstić information content (AvgIpc) is 2.24. The third kappa shape index (κ3) is 4.90. The topological polar surface area (TPSA) is 9.23 Å². The highest BCUT2D eigenvalue weighted by molar-refractivity contribution is 5.26. The minimum atomic E-state index is 0.313. The molecule has 0 aliphatic carbocycles. The van der Waals surface area contributed by atoms with Gasteiger partial charge in [-0.1, -0.05) is 38.5 Å². The molecule has 1 heteroatoms. The van der Waals surface area contributed by atoms with Crippen molar-refractivity contribution in [2.45, 2.75) is 47.1 Å². The van der Waals surface area contributed by atoms with E-state index in [0.717, 1.165) is 12.2 Å². The molecule has 1 unspecified atom stereocenters. The number of hydrogen-bond acceptors (Lipinski definition) is 1. The normalized spacial score (nSPS) is 11.2. The van der Waals surface area contributed by atoms with Crippen molar-refractivity contribution in [3.05, 3.63) is 29.8 Å². The van der Waals surface area contributed by atoms with E-state index in [0.29, 0.717) is 6.10 Å². The summed E-state index contributed by atoms with van der Waals surface area (Å²) in [5, 5.41) is 0. The lowest BCUT2D eigenvalue weighted by Crippen LogP contribution is -2.09. The molecule has 14 heavy (non-hydrogen) atoms. The Morgan fingerprint density at radius 2 is 1.64 bits per heavy atom. The van der Waals surface area contributed by atoms with Crippen LogP contribution < -0.4 is 4.74 Å². The molecule has 0 amide bonds. The van der Waals surface area contributed by atoms with Gasteiger partial charge in [-0.3, -0.25) is 0 Å². The average molecular weight is 194 g/mol. The summed E-state index contributed by atoms with van der Waals surface area (Å²) in [6.45, 7) is 10.3. The molecule has 0 saturated carbocycles. The molecule has 0 radical (unpaired) electrons. The maximum Gasteiger partial charge on any atom is 0.119 e. The fraction of sp³-hybridized carbons (Fsp3) is 0.538. The van der Waals surface area contributed by atoms with Crippen molar-refractivity contribution in [1.82, 2.24) is 0 Å². The van der Waals surface area contributed by atoms with E-state index in [1.807, 2.05) is 26.0 Å². The van der Waals surface area contributed by atoms with Crippen LogP contribution >= 0.6 is 0 Å². The van der Waals surface area contributed by atoms with Gasteiger partial charge in [0.05, 0.1) is 6.10 Å². The van der Waals surface area contributed by atoms with Crippen molar-refractivity contribution in [2.75, 3.05) is 0 Å². The van der Waals surface area contributed by atoms with E-state index >= 15 is 0 Å². The first kappa shape index (κ1) is 13.0. The minimum absolute atomic E-state index is 0.313. The third-order valence-corrected chi connectivity index (χ3v) is 1.93. The summed E-state index contributed by atoms with van der Waals surface area (Å²) in [6.07, 6.45) is 1.36. The van der Waals surface area contributed by atoms with Gasteiger partial charge >= 0.3 is 0 Å². The monoisotopic (exact) mass is 194 g/mol. The van der Waals surface area contributed by atoms with Crippen molar-refractivity contribution in [1.29, 1.82) is 0 Å². The zero-order valence-electron chi connectivity index (χ0n) is 10.0. The smallest absolute Gasteiger partial charge is 0.119 e. The van der Waals surface area contributed by atoms with Crippen LogP contribution in [0.5, 0.6) is 5.75 Å².